The average Bonchev–Trinajstić information content (AvgIpc) is 2.97. The molecule has 0 saturated carbocycles. The molecule has 0 unspecified atom stereocenters. The number of carbonyl (C=O) groups excluding carboxylic acids is 1. The van der Waals surface area contributed by atoms with Crippen molar-refractivity contribution < 1.29 is 9.53 Å². The molecule has 0 bridgehead atoms. The summed E-state index contributed by atoms with van der Waals surface area (Å²) in [6, 6.07) is 7.44. The number of benzene rings is 1. The van der Waals surface area contributed by atoms with Crippen LogP contribution >= 0.6 is 11.6 Å². The first-order chi connectivity index (χ1) is 10.2. The van der Waals surface area contributed by atoms with Gasteiger partial charge in [0.2, 0.25) is 5.91 Å². The number of nitrogens with zero attached hydrogens (tertiary/aromatic N) is 2. The van der Waals surface area contributed by atoms with Crippen LogP contribution in [0.4, 0.5) is 5.69 Å². The number of ether oxygens (including phenoxy) is 1. The number of aromatic nitrogens is 2. The number of hydrogen-bond donors (Lipinski definition) is 1. The van der Waals surface area contributed by atoms with E-state index >= 15 is 0 Å². The van der Waals surface area contributed by atoms with E-state index in [0.717, 1.165) is 18.5 Å². The Morgan fingerprint density at radius 1 is 1.33 bits per heavy atom. The summed E-state index contributed by atoms with van der Waals surface area (Å²) in [5, 5.41) is 7.75. The summed E-state index contributed by atoms with van der Waals surface area (Å²) in [4.78, 5) is 12.2. The number of nitrogens with one attached hydrogen (secondary N) is 1. The Kier molecular flexibility index (Phi) is 4.22. The smallest absolute Gasteiger partial charge is 0.227 e. The first-order valence-electron chi connectivity index (χ1n) is 6.92. The molecule has 6 heteroatoms. The SMILES string of the molecule is O=C(Nc1cnn(-c2ccccc2Cl)c1)C1CCOCC1. The lowest BCUT2D eigenvalue weighted by Gasteiger charge is -2.20. The topological polar surface area (TPSA) is 56.2 Å². The number of halogens is 1. The summed E-state index contributed by atoms with van der Waals surface area (Å²) >= 11 is 6.13. The number of carbonyl (C=O) groups is 1. The number of amides is 1. The van der Waals surface area contributed by atoms with Crippen molar-refractivity contribution in [2.75, 3.05) is 18.5 Å². The summed E-state index contributed by atoms with van der Waals surface area (Å²) in [6.45, 7) is 1.30. The van der Waals surface area contributed by atoms with E-state index in [1.54, 1.807) is 23.1 Å². The summed E-state index contributed by atoms with van der Waals surface area (Å²) in [6.07, 6.45) is 4.92. The van der Waals surface area contributed by atoms with Crippen molar-refractivity contribution in [2.24, 2.45) is 5.92 Å². The predicted octanol–water partition coefficient (Wildman–Crippen LogP) is 2.89. The van der Waals surface area contributed by atoms with Gasteiger partial charge in [0.15, 0.2) is 0 Å². The van der Waals surface area contributed by atoms with Gasteiger partial charge in [-0.25, -0.2) is 4.68 Å². The van der Waals surface area contributed by atoms with Crippen molar-refractivity contribution in [3.63, 3.8) is 0 Å². The normalized spacial score (nSPS) is 15.9. The highest BCUT2D eigenvalue weighted by Gasteiger charge is 2.21. The average molecular weight is 306 g/mol. The number of hydrogen-bond acceptors (Lipinski definition) is 3. The van der Waals surface area contributed by atoms with Crippen LogP contribution in [0.3, 0.4) is 0 Å². The molecular weight excluding hydrogens is 290 g/mol. The van der Waals surface area contributed by atoms with Gasteiger partial charge in [-0.3, -0.25) is 4.79 Å². The molecular formula is C15H16ClN3O2. The van der Waals surface area contributed by atoms with Gasteiger partial charge in [0.25, 0.3) is 0 Å². The van der Waals surface area contributed by atoms with Crippen molar-refractivity contribution >= 4 is 23.2 Å². The highest BCUT2D eigenvalue weighted by atomic mass is 35.5. The molecule has 1 aliphatic rings. The lowest BCUT2D eigenvalue weighted by molar-refractivity contribution is -0.122. The highest BCUT2D eigenvalue weighted by Crippen LogP contribution is 2.21. The molecule has 1 fully saturated rings. The van der Waals surface area contributed by atoms with Gasteiger partial charge in [-0.2, -0.15) is 5.10 Å². The van der Waals surface area contributed by atoms with Crippen molar-refractivity contribution in [2.45, 2.75) is 12.8 Å². The Labute approximate surface area is 127 Å². The van der Waals surface area contributed by atoms with Crippen LogP contribution in [0.1, 0.15) is 12.8 Å². The van der Waals surface area contributed by atoms with Gasteiger partial charge in [0.05, 0.1) is 28.8 Å². The highest BCUT2D eigenvalue weighted by molar-refractivity contribution is 6.32. The van der Waals surface area contributed by atoms with Gasteiger partial charge < -0.3 is 10.1 Å². The van der Waals surface area contributed by atoms with Crippen LogP contribution in [0.25, 0.3) is 5.69 Å². The molecule has 21 heavy (non-hydrogen) atoms. The van der Waals surface area contributed by atoms with Gasteiger partial charge in [0.1, 0.15) is 0 Å². The predicted molar refractivity (Wildman–Crippen MR) is 80.7 cm³/mol. The minimum atomic E-state index is 0.0161. The van der Waals surface area contributed by atoms with E-state index < -0.39 is 0 Å². The lowest BCUT2D eigenvalue weighted by Crippen LogP contribution is -2.28. The summed E-state index contributed by atoms with van der Waals surface area (Å²) in [5.41, 5.74) is 1.46. The third-order valence-electron chi connectivity index (χ3n) is 3.54. The molecule has 110 valence electrons. The Morgan fingerprint density at radius 2 is 2.10 bits per heavy atom. The monoisotopic (exact) mass is 305 g/mol. The molecule has 0 atom stereocenters. The third kappa shape index (κ3) is 3.25. The fourth-order valence-corrected chi connectivity index (χ4v) is 2.58. The zero-order valence-electron chi connectivity index (χ0n) is 11.5. The quantitative estimate of drug-likeness (QED) is 0.948. The second-order valence-corrected chi connectivity index (χ2v) is 5.41. The summed E-state index contributed by atoms with van der Waals surface area (Å²) in [7, 11) is 0. The van der Waals surface area contributed by atoms with Crippen LogP contribution in [0.15, 0.2) is 36.7 Å². The molecule has 1 aliphatic heterocycles. The van der Waals surface area contributed by atoms with Crippen LogP contribution < -0.4 is 5.32 Å². The van der Waals surface area contributed by atoms with Crippen molar-refractivity contribution in [1.29, 1.82) is 0 Å². The van der Waals surface area contributed by atoms with E-state index in [1.165, 1.54) is 0 Å². The number of para-hydroxylation sites is 1. The Balaban J connectivity index is 1.70. The standard InChI is InChI=1S/C15H16ClN3O2/c16-13-3-1-2-4-14(13)19-10-12(9-17-19)18-15(20)11-5-7-21-8-6-11/h1-4,9-11H,5-8H2,(H,18,20). The zero-order valence-corrected chi connectivity index (χ0v) is 12.2. The molecule has 5 nitrogen and oxygen atoms in total. The maximum atomic E-state index is 12.2. The van der Waals surface area contributed by atoms with Crippen LogP contribution in [0.2, 0.25) is 5.02 Å². The van der Waals surface area contributed by atoms with Crippen LogP contribution in [0.5, 0.6) is 0 Å². The third-order valence-corrected chi connectivity index (χ3v) is 3.86. The Bertz CT molecular complexity index is 635. The Morgan fingerprint density at radius 3 is 2.86 bits per heavy atom. The van der Waals surface area contributed by atoms with E-state index in [-0.39, 0.29) is 11.8 Å². The zero-order chi connectivity index (χ0) is 14.7. The minimum absolute atomic E-state index is 0.0161. The van der Waals surface area contributed by atoms with Gasteiger partial charge in [-0.1, -0.05) is 23.7 Å². The fourth-order valence-electron chi connectivity index (χ4n) is 2.36. The van der Waals surface area contributed by atoms with Gasteiger partial charge in [-0.15, -0.1) is 0 Å². The van der Waals surface area contributed by atoms with Crippen LogP contribution in [-0.2, 0) is 9.53 Å². The molecule has 0 radical (unpaired) electrons. The van der Waals surface area contributed by atoms with E-state index in [1.807, 2.05) is 18.2 Å². The fraction of sp³-hybridized carbons (Fsp3) is 0.333. The first kappa shape index (κ1) is 14.1. The molecule has 2 heterocycles. The maximum Gasteiger partial charge on any atom is 0.227 e. The van der Waals surface area contributed by atoms with Crippen molar-refractivity contribution in [3.05, 3.63) is 41.7 Å². The lowest BCUT2D eigenvalue weighted by atomic mass is 9.99. The Hall–Kier alpha value is -1.85. The molecule has 0 spiro atoms. The first-order valence-corrected chi connectivity index (χ1v) is 7.30. The molecule has 1 aromatic carbocycles. The summed E-state index contributed by atoms with van der Waals surface area (Å²) < 4.78 is 6.92. The van der Waals surface area contributed by atoms with Crippen LogP contribution in [0, 0.1) is 5.92 Å². The maximum absolute atomic E-state index is 12.2. The molecule has 3 rings (SSSR count). The molecule has 1 saturated heterocycles. The van der Waals surface area contributed by atoms with E-state index in [0.29, 0.717) is 23.9 Å². The molecule has 1 aromatic heterocycles. The van der Waals surface area contributed by atoms with Gasteiger partial charge in [0, 0.05) is 19.1 Å². The largest absolute Gasteiger partial charge is 0.381 e. The van der Waals surface area contributed by atoms with Crippen molar-refractivity contribution in [1.82, 2.24) is 9.78 Å². The van der Waals surface area contributed by atoms with Crippen molar-refractivity contribution in [3.8, 4) is 5.69 Å². The molecule has 2 aromatic rings. The molecule has 0 aliphatic carbocycles. The van der Waals surface area contributed by atoms with Gasteiger partial charge in [-0.05, 0) is 25.0 Å². The summed E-state index contributed by atoms with van der Waals surface area (Å²) in [5.74, 6) is 0.0411. The van der Waals surface area contributed by atoms with E-state index in [9.17, 15) is 4.79 Å². The van der Waals surface area contributed by atoms with Gasteiger partial charge >= 0.3 is 0 Å². The molecule has 1 amide bonds. The van der Waals surface area contributed by atoms with E-state index in [4.69, 9.17) is 16.3 Å². The second-order valence-electron chi connectivity index (χ2n) is 5.00. The van der Waals surface area contributed by atoms with Crippen LogP contribution in [-0.4, -0.2) is 28.9 Å². The minimum Gasteiger partial charge on any atom is -0.381 e. The second kappa shape index (κ2) is 6.28. The molecule has 1 N–H and O–H groups in total. The number of anilines is 1. The van der Waals surface area contributed by atoms with E-state index in [2.05, 4.69) is 10.4 Å². The number of rotatable bonds is 3.